The first-order chi connectivity index (χ1) is 14.1. The fourth-order valence-electron chi connectivity index (χ4n) is 3.19. The average molecular weight is 395 g/mol. The highest BCUT2D eigenvalue weighted by atomic mass is 16.5. The van der Waals surface area contributed by atoms with E-state index in [1.807, 2.05) is 13.0 Å². The van der Waals surface area contributed by atoms with Gasteiger partial charge < -0.3 is 14.7 Å². The molecule has 0 atom stereocenters. The standard InChI is InChI=1S/C22H25N3O4/c1-3-13-29-18-8-6-17(7-9-18)19-20(24(2)11-12-26)22(28)25(21(19)27)15-16-5-4-10-23-14-16/h4-10,14,26H,3,11-13,15H2,1-2H3. The molecule has 1 aromatic heterocycles. The van der Waals surface area contributed by atoms with E-state index in [0.717, 1.165) is 12.0 Å². The van der Waals surface area contributed by atoms with Crippen LogP contribution in [0.2, 0.25) is 0 Å². The van der Waals surface area contributed by atoms with Crippen LogP contribution in [0.4, 0.5) is 0 Å². The highest BCUT2D eigenvalue weighted by Crippen LogP contribution is 2.32. The topological polar surface area (TPSA) is 83.0 Å². The van der Waals surface area contributed by atoms with E-state index in [9.17, 15) is 14.7 Å². The predicted molar refractivity (Wildman–Crippen MR) is 109 cm³/mol. The molecular formula is C22H25N3O4. The minimum Gasteiger partial charge on any atom is -0.494 e. The van der Waals surface area contributed by atoms with E-state index in [0.29, 0.717) is 23.5 Å². The number of likely N-dealkylation sites (N-methyl/N-ethyl adjacent to an activating group) is 1. The molecule has 152 valence electrons. The number of nitrogens with zero attached hydrogens (tertiary/aromatic N) is 3. The van der Waals surface area contributed by atoms with Crippen LogP contribution in [-0.4, -0.2) is 58.5 Å². The highest BCUT2D eigenvalue weighted by molar-refractivity contribution is 6.35. The number of ether oxygens (including phenoxy) is 1. The molecule has 1 aromatic carbocycles. The van der Waals surface area contributed by atoms with Crippen molar-refractivity contribution in [3.05, 3.63) is 65.6 Å². The number of benzene rings is 1. The molecule has 2 heterocycles. The molecule has 0 fully saturated rings. The lowest BCUT2D eigenvalue weighted by Crippen LogP contribution is -2.34. The number of hydrogen-bond donors (Lipinski definition) is 1. The summed E-state index contributed by atoms with van der Waals surface area (Å²) in [6, 6.07) is 10.7. The number of aromatic nitrogens is 1. The third-order valence-corrected chi connectivity index (χ3v) is 4.64. The Balaban J connectivity index is 1.95. The summed E-state index contributed by atoms with van der Waals surface area (Å²) in [5, 5.41) is 9.33. The first kappa shape index (κ1) is 20.5. The number of hydrogen-bond acceptors (Lipinski definition) is 6. The molecule has 7 heteroatoms. The van der Waals surface area contributed by atoms with Gasteiger partial charge in [0.05, 0.1) is 25.3 Å². The highest BCUT2D eigenvalue weighted by Gasteiger charge is 2.40. The van der Waals surface area contributed by atoms with Crippen LogP contribution in [-0.2, 0) is 16.1 Å². The molecule has 1 aliphatic rings. The molecule has 29 heavy (non-hydrogen) atoms. The summed E-state index contributed by atoms with van der Waals surface area (Å²) >= 11 is 0. The van der Waals surface area contributed by atoms with Crippen LogP contribution in [0.3, 0.4) is 0 Å². The van der Waals surface area contributed by atoms with Crippen LogP contribution < -0.4 is 4.74 Å². The molecule has 1 aliphatic heterocycles. The fraction of sp³-hybridized carbons (Fsp3) is 0.318. The monoisotopic (exact) mass is 395 g/mol. The van der Waals surface area contributed by atoms with E-state index in [1.165, 1.54) is 4.90 Å². The SMILES string of the molecule is CCCOc1ccc(C2=C(N(C)CCO)C(=O)N(Cc3cccnc3)C2=O)cc1. The van der Waals surface area contributed by atoms with Gasteiger partial charge in [-0.15, -0.1) is 0 Å². The minimum absolute atomic E-state index is 0.124. The maximum absolute atomic E-state index is 13.2. The van der Waals surface area contributed by atoms with Gasteiger partial charge >= 0.3 is 0 Å². The lowest BCUT2D eigenvalue weighted by Gasteiger charge is -2.20. The van der Waals surface area contributed by atoms with E-state index in [1.54, 1.807) is 54.7 Å². The van der Waals surface area contributed by atoms with Gasteiger partial charge in [0.2, 0.25) is 0 Å². The van der Waals surface area contributed by atoms with Crippen molar-refractivity contribution in [2.45, 2.75) is 19.9 Å². The molecule has 1 N–H and O–H groups in total. The van der Waals surface area contributed by atoms with E-state index in [2.05, 4.69) is 4.98 Å². The molecule has 2 aromatic rings. The Morgan fingerprint density at radius 3 is 2.52 bits per heavy atom. The molecule has 0 aliphatic carbocycles. The third kappa shape index (κ3) is 4.46. The molecule has 0 unspecified atom stereocenters. The molecule has 0 saturated heterocycles. The largest absolute Gasteiger partial charge is 0.494 e. The first-order valence-corrected chi connectivity index (χ1v) is 9.61. The Morgan fingerprint density at radius 1 is 1.14 bits per heavy atom. The van der Waals surface area contributed by atoms with Crippen molar-refractivity contribution >= 4 is 17.4 Å². The average Bonchev–Trinajstić information content (AvgIpc) is 2.98. The van der Waals surface area contributed by atoms with Crippen molar-refractivity contribution in [1.82, 2.24) is 14.8 Å². The van der Waals surface area contributed by atoms with Crippen LogP contribution in [0.15, 0.2) is 54.5 Å². The Morgan fingerprint density at radius 2 is 1.90 bits per heavy atom. The molecule has 0 spiro atoms. The first-order valence-electron chi connectivity index (χ1n) is 9.61. The van der Waals surface area contributed by atoms with Crippen molar-refractivity contribution < 1.29 is 19.4 Å². The zero-order valence-corrected chi connectivity index (χ0v) is 16.7. The second kappa shape index (κ2) is 9.34. The quantitative estimate of drug-likeness (QED) is 0.655. The predicted octanol–water partition coefficient (Wildman–Crippen LogP) is 2.07. The minimum atomic E-state index is -0.379. The summed E-state index contributed by atoms with van der Waals surface area (Å²) < 4.78 is 5.60. The summed E-state index contributed by atoms with van der Waals surface area (Å²) in [6.07, 6.45) is 4.18. The van der Waals surface area contributed by atoms with Gasteiger partial charge in [-0.25, -0.2) is 0 Å². The molecule has 0 bridgehead atoms. The number of carbonyl (C=O) groups is 2. The van der Waals surface area contributed by atoms with E-state index < -0.39 is 0 Å². The Kier molecular flexibility index (Phi) is 6.61. The summed E-state index contributed by atoms with van der Waals surface area (Å²) in [7, 11) is 1.70. The van der Waals surface area contributed by atoms with Gasteiger partial charge in [0.15, 0.2) is 0 Å². The van der Waals surface area contributed by atoms with E-state index in [4.69, 9.17) is 4.74 Å². The van der Waals surface area contributed by atoms with E-state index >= 15 is 0 Å². The number of pyridine rings is 1. The Bertz CT molecular complexity index is 894. The second-order valence-electron chi connectivity index (χ2n) is 6.80. The number of imide groups is 1. The van der Waals surface area contributed by atoms with Gasteiger partial charge in [-0.05, 0) is 35.7 Å². The van der Waals surface area contributed by atoms with Crippen molar-refractivity contribution in [2.24, 2.45) is 0 Å². The smallest absolute Gasteiger partial charge is 0.278 e. The van der Waals surface area contributed by atoms with Gasteiger partial charge in [-0.3, -0.25) is 19.5 Å². The van der Waals surface area contributed by atoms with Gasteiger partial charge in [0.25, 0.3) is 11.8 Å². The zero-order chi connectivity index (χ0) is 20.8. The lowest BCUT2D eigenvalue weighted by molar-refractivity contribution is -0.138. The number of amides is 2. The summed E-state index contributed by atoms with van der Waals surface area (Å²) in [6.45, 7) is 2.91. The second-order valence-corrected chi connectivity index (χ2v) is 6.80. The number of rotatable bonds is 9. The van der Waals surface area contributed by atoms with Crippen molar-refractivity contribution in [3.8, 4) is 5.75 Å². The Hall–Kier alpha value is -3.19. The summed E-state index contributed by atoms with van der Waals surface area (Å²) in [5.41, 5.74) is 2.02. The molecule has 7 nitrogen and oxygen atoms in total. The van der Waals surface area contributed by atoms with Gasteiger partial charge in [-0.1, -0.05) is 25.1 Å². The van der Waals surface area contributed by atoms with Crippen LogP contribution in [0.25, 0.3) is 5.57 Å². The van der Waals surface area contributed by atoms with Crippen LogP contribution in [0.1, 0.15) is 24.5 Å². The normalized spacial score (nSPS) is 14.0. The van der Waals surface area contributed by atoms with Crippen LogP contribution in [0, 0.1) is 0 Å². The van der Waals surface area contributed by atoms with Crippen LogP contribution >= 0.6 is 0 Å². The molecule has 3 rings (SSSR count). The summed E-state index contributed by atoms with van der Waals surface area (Å²) in [5.74, 6) is -0.0255. The van der Waals surface area contributed by atoms with Gasteiger partial charge in [0, 0.05) is 26.0 Å². The van der Waals surface area contributed by atoms with Crippen molar-refractivity contribution in [2.75, 3.05) is 26.8 Å². The molecule has 2 amide bonds. The van der Waals surface area contributed by atoms with Gasteiger partial charge in [0.1, 0.15) is 11.4 Å². The fourth-order valence-corrected chi connectivity index (χ4v) is 3.19. The van der Waals surface area contributed by atoms with E-state index in [-0.39, 0.29) is 37.2 Å². The number of aliphatic hydroxyl groups excluding tert-OH is 1. The summed E-state index contributed by atoms with van der Waals surface area (Å²) in [4.78, 5) is 33.2. The zero-order valence-electron chi connectivity index (χ0n) is 16.7. The van der Waals surface area contributed by atoms with Crippen LogP contribution in [0.5, 0.6) is 5.75 Å². The lowest BCUT2D eigenvalue weighted by atomic mass is 10.0. The van der Waals surface area contributed by atoms with Crippen molar-refractivity contribution in [1.29, 1.82) is 0 Å². The molecule has 0 saturated carbocycles. The van der Waals surface area contributed by atoms with Gasteiger partial charge in [-0.2, -0.15) is 0 Å². The third-order valence-electron chi connectivity index (χ3n) is 4.64. The maximum Gasteiger partial charge on any atom is 0.278 e. The number of aliphatic hydroxyl groups is 1. The molecular weight excluding hydrogens is 370 g/mol. The van der Waals surface area contributed by atoms with Crippen molar-refractivity contribution in [3.63, 3.8) is 0 Å². The maximum atomic E-state index is 13.2. The molecule has 0 radical (unpaired) electrons. The Labute approximate surface area is 170 Å². The number of carbonyl (C=O) groups excluding carboxylic acids is 2.